The Kier molecular flexibility index (Phi) is 7.11. The van der Waals surface area contributed by atoms with E-state index in [9.17, 15) is 9.59 Å². The van der Waals surface area contributed by atoms with Gasteiger partial charge in [-0.3, -0.25) is 9.59 Å². The number of hydrogen-bond acceptors (Lipinski definition) is 3. The van der Waals surface area contributed by atoms with Crippen LogP contribution in [0.1, 0.15) is 45.4 Å². The summed E-state index contributed by atoms with van der Waals surface area (Å²) in [7, 11) is 0. The van der Waals surface area contributed by atoms with Crippen molar-refractivity contribution in [2.24, 2.45) is 0 Å². The largest absolute Gasteiger partial charge is 0.351 e. The number of hydrogen-bond donors (Lipinski definition) is 2. The SMILES string of the molecule is CCc1ccc(NC(=O)c2cccc(C(=O)NCCCc3ccccc3)n2)cc1. The van der Waals surface area contributed by atoms with Gasteiger partial charge in [0.2, 0.25) is 0 Å². The van der Waals surface area contributed by atoms with Crippen LogP contribution in [0.4, 0.5) is 5.69 Å². The Hall–Kier alpha value is -3.47. The third kappa shape index (κ3) is 6.01. The molecule has 148 valence electrons. The summed E-state index contributed by atoms with van der Waals surface area (Å²) < 4.78 is 0. The number of amides is 2. The molecule has 3 rings (SSSR count). The van der Waals surface area contributed by atoms with Crippen LogP contribution in [0.3, 0.4) is 0 Å². The van der Waals surface area contributed by atoms with Gasteiger partial charge in [-0.15, -0.1) is 0 Å². The fraction of sp³-hybridized carbons (Fsp3) is 0.208. The van der Waals surface area contributed by atoms with Gasteiger partial charge in [-0.25, -0.2) is 4.98 Å². The van der Waals surface area contributed by atoms with Crippen molar-refractivity contribution in [3.05, 3.63) is 95.3 Å². The number of pyridine rings is 1. The van der Waals surface area contributed by atoms with Gasteiger partial charge >= 0.3 is 0 Å². The number of benzene rings is 2. The lowest BCUT2D eigenvalue weighted by atomic mass is 10.1. The van der Waals surface area contributed by atoms with E-state index in [-0.39, 0.29) is 23.2 Å². The zero-order valence-corrected chi connectivity index (χ0v) is 16.5. The Labute approximate surface area is 171 Å². The van der Waals surface area contributed by atoms with Crippen molar-refractivity contribution in [2.45, 2.75) is 26.2 Å². The van der Waals surface area contributed by atoms with Crippen molar-refractivity contribution >= 4 is 17.5 Å². The lowest BCUT2D eigenvalue weighted by Crippen LogP contribution is -2.26. The molecule has 0 aliphatic rings. The molecule has 0 saturated heterocycles. The number of aryl methyl sites for hydroxylation is 2. The van der Waals surface area contributed by atoms with E-state index in [2.05, 4.69) is 34.7 Å². The Morgan fingerprint density at radius 1 is 0.793 bits per heavy atom. The van der Waals surface area contributed by atoms with Crippen LogP contribution in [0, 0.1) is 0 Å². The molecule has 1 aromatic heterocycles. The molecule has 0 saturated carbocycles. The first-order valence-corrected chi connectivity index (χ1v) is 9.85. The van der Waals surface area contributed by atoms with Crippen molar-refractivity contribution < 1.29 is 9.59 Å². The van der Waals surface area contributed by atoms with E-state index in [1.807, 2.05) is 42.5 Å². The van der Waals surface area contributed by atoms with Crippen LogP contribution < -0.4 is 10.6 Å². The van der Waals surface area contributed by atoms with Gasteiger partial charge in [0.25, 0.3) is 11.8 Å². The third-order valence-corrected chi connectivity index (χ3v) is 4.61. The molecule has 2 aromatic carbocycles. The maximum atomic E-state index is 12.5. The zero-order valence-electron chi connectivity index (χ0n) is 16.5. The molecule has 5 heteroatoms. The van der Waals surface area contributed by atoms with E-state index in [1.54, 1.807) is 18.2 Å². The summed E-state index contributed by atoms with van der Waals surface area (Å²) in [5.41, 5.74) is 3.59. The molecule has 0 spiro atoms. The minimum absolute atomic E-state index is 0.210. The van der Waals surface area contributed by atoms with E-state index in [0.717, 1.165) is 19.3 Å². The summed E-state index contributed by atoms with van der Waals surface area (Å²) in [6, 6.07) is 22.7. The van der Waals surface area contributed by atoms with Crippen molar-refractivity contribution in [1.82, 2.24) is 10.3 Å². The van der Waals surface area contributed by atoms with Crippen LogP contribution in [0.5, 0.6) is 0 Å². The lowest BCUT2D eigenvalue weighted by molar-refractivity contribution is 0.0948. The van der Waals surface area contributed by atoms with E-state index >= 15 is 0 Å². The topological polar surface area (TPSA) is 71.1 Å². The second-order valence-electron chi connectivity index (χ2n) is 6.76. The maximum Gasteiger partial charge on any atom is 0.274 e. The van der Waals surface area contributed by atoms with Crippen molar-refractivity contribution in [1.29, 1.82) is 0 Å². The Balaban J connectivity index is 1.53. The average molecular weight is 387 g/mol. The minimum Gasteiger partial charge on any atom is -0.351 e. The molecule has 0 aliphatic heterocycles. The van der Waals surface area contributed by atoms with Gasteiger partial charge in [0.1, 0.15) is 11.4 Å². The number of nitrogens with one attached hydrogen (secondary N) is 2. The fourth-order valence-electron chi connectivity index (χ4n) is 2.94. The van der Waals surface area contributed by atoms with Gasteiger partial charge in [-0.1, -0.05) is 55.5 Å². The molecule has 5 nitrogen and oxygen atoms in total. The summed E-state index contributed by atoms with van der Waals surface area (Å²) in [6.07, 6.45) is 2.68. The molecule has 2 N–H and O–H groups in total. The van der Waals surface area contributed by atoms with E-state index in [1.165, 1.54) is 11.1 Å². The molecule has 0 aliphatic carbocycles. The molecule has 2 amide bonds. The van der Waals surface area contributed by atoms with Gasteiger partial charge in [0.15, 0.2) is 0 Å². The lowest BCUT2D eigenvalue weighted by Gasteiger charge is -2.08. The number of aromatic nitrogens is 1. The fourth-order valence-corrected chi connectivity index (χ4v) is 2.94. The second-order valence-corrected chi connectivity index (χ2v) is 6.76. The van der Waals surface area contributed by atoms with Crippen LogP contribution in [-0.2, 0) is 12.8 Å². The number of anilines is 1. The first-order valence-electron chi connectivity index (χ1n) is 9.85. The summed E-state index contributed by atoms with van der Waals surface area (Å²) in [4.78, 5) is 29.0. The Morgan fingerprint density at radius 3 is 2.17 bits per heavy atom. The summed E-state index contributed by atoms with van der Waals surface area (Å²) >= 11 is 0. The zero-order chi connectivity index (χ0) is 20.5. The van der Waals surface area contributed by atoms with E-state index in [0.29, 0.717) is 12.2 Å². The second kappa shape index (κ2) is 10.2. The molecule has 0 atom stereocenters. The number of carbonyl (C=O) groups excluding carboxylic acids is 2. The van der Waals surface area contributed by atoms with Gasteiger partial charge < -0.3 is 10.6 Å². The molecule has 0 bridgehead atoms. The van der Waals surface area contributed by atoms with Crippen LogP contribution in [0.15, 0.2) is 72.8 Å². The first-order chi connectivity index (χ1) is 14.2. The molecule has 0 radical (unpaired) electrons. The van der Waals surface area contributed by atoms with Crippen molar-refractivity contribution in [2.75, 3.05) is 11.9 Å². The van der Waals surface area contributed by atoms with Gasteiger partial charge in [0.05, 0.1) is 0 Å². The van der Waals surface area contributed by atoms with Crippen LogP contribution in [0.2, 0.25) is 0 Å². The highest BCUT2D eigenvalue weighted by Crippen LogP contribution is 2.11. The number of rotatable bonds is 8. The van der Waals surface area contributed by atoms with Crippen LogP contribution in [0.25, 0.3) is 0 Å². The Bertz CT molecular complexity index is 953. The highest BCUT2D eigenvalue weighted by atomic mass is 16.2. The highest BCUT2D eigenvalue weighted by molar-refractivity contribution is 6.03. The van der Waals surface area contributed by atoms with Crippen LogP contribution in [-0.4, -0.2) is 23.3 Å². The highest BCUT2D eigenvalue weighted by Gasteiger charge is 2.12. The standard InChI is InChI=1S/C24H25N3O2/c1-2-18-13-15-20(16-14-18)26-24(29)22-12-6-11-21(27-22)23(28)25-17-7-10-19-8-4-3-5-9-19/h3-6,8-9,11-16H,2,7,10,17H2,1H3,(H,25,28)(H,26,29). The minimum atomic E-state index is -0.340. The maximum absolute atomic E-state index is 12.5. The average Bonchev–Trinajstić information content (AvgIpc) is 2.78. The monoisotopic (exact) mass is 387 g/mol. The summed E-state index contributed by atoms with van der Waals surface area (Å²) in [5.74, 6) is -0.618. The first kappa shape index (κ1) is 20.3. The molecular weight excluding hydrogens is 362 g/mol. The molecule has 0 unspecified atom stereocenters. The van der Waals surface area contributed by atoms with Gasteiger partial charge in [-0.2, -0.15) is 0 Å². The molecule has 29 heavy (non-hydrogen) atoms. The smallest absolute Gasteiger partial charge is 0.274 e. The van der Waals surface area contributed by atoms with Gasteiger partial charge in [-0.05, 0) is 54.7 Å². The molecule has 0 fully saturated rings. The molecule has 3 aromatic rings. The predicted octanol–water partition coefficient (Wildman–Crippen LogP) is 4.26. The molecular formula is C24H25N3O2. The van der Waals surface area contributed by atoms with Crippen molar-refractivity contribution in [3.63, 3.8) is 0 Å². The normalized spacial score (nSPS) is 10.4. The number of carbonyl (C=O) groups is 2. The third-order valence-electron chi connectivity index (χ3n) is 4.61. The Morgan fingerprint density at radius 2 is 1.48 bits per heavy atom. The van der Waals surface area contributed by atoms with Crippen molar-refractivity contribution in [3.8, 4) is 0 Å². The summed E-state index contributed by atoms with van der Waals surface area (Å²) in [6.45, 7) is 2.63. The van der Waals surface area contributed by atoms with E-state index in [4.69, 9.17) is 0 Å². The molecule has 1 heterocycles. The van der Waals surface area contributed by atoms with Gasteiger partial charge in [0, 0.05) is 12.2 Å². The van der Waals surface area contributed by atoms with Crippen LogP contribution >= 0.6 is 0 Å². The number of nitrogens with zero attached hydrogens (tertiary/aromatic N) is 1. The van der Waals surface area contributed by atoms with E-state index < -0.39 is 0 Å². The predicted molar refractivity (Wildman–Crippen MR) is 115 cm³/mol. The summed E-state index contributed by atoms with van der Waals surface area (Å²) in [5, 5.41) is 5.68. The quantitative estimate of drug-likeness (QED) is 0.568.